The number of nitriles is 4. The van der Waals surface area contributed by atoms with Crippen LogP contribution in [0, 0.1) is 56.2 Å². The summed E-state index contributed by atoms with van der Waals surface area (Å²) in [6, 6.07) is 22.7. The molecule has 28 heavy (non-hydrogen) atoms. The third-order valence-electron chi connectivity index (χ3n) is 5.97. The zero-order valence-corrected chi connectivity index (χ0v) is 14.9. The summed E-state index contributed by atoms with van der Waals surface area (Å²) in [5.74, 6) is 0. The number of nitrogens with zero attached hydrogens (tertiary/aromatic N) is 4. The topological polar surface area (TPSA) is 104 Å². The maximum absolute atomic E-state index is 10.3. The van der Waals surface area contributed by atoms with Gasteiger partial charge in [0.25, 0.3) is 0 Å². The van der Waals surface area contributed by atoms with Gasteiger partial charge in [0.1, 0.15) is 0 Å². The predicted molar refractivity (Wildman–Crippen MR) is 99.7 cm³/mol. The van der Waals surface area contributed by atoms with Crippen LogP contribution >= 0.6 is 0 Å². The second kappa shape index (κ2) is 5.80. The molecule has 2 aliphatic heterocycles. The van der Waals surface area contributed by atoms with E-state index in [4.69, 9.17) is 4.74 Å². The number of hydrogen-bond acceptors (Lipinski definition) is 5. The molecule has 5 heteroatoms. The average Bonchev–Trinajstić information content (AvgIpc) is 2.96. The van der Waals surface area contributed by atoms with Gasteiger partial charge in [0, 0.05) is 6.42 Å². The van der Waals surface area contributed by atoms with E-state index in [-0.39, 0.29) is 6.42 Å². The highest BCUT2D eigenvalue weighted by Crippen LogP contribution is 2.67. The molecule has 0 spiro atoms. The lowest BCUT2D eigenvalue weighted by Crippen LogP contribution is -2.49. The van der Waals surface area contributed by atoms with E-state index in [1.807, 2.05) is 36.4 Å². The van der Waals surface area contributed by atoms with Crippen molar-refractivity contribution in [3.05, 3.63) is 77.4 Å². The lowest BCUT2D eigenvalue weighted by atomic mass is 9.55. The van der Waals surface area contributed by atoms with Gasteiger partial charge in [0.15, 0.2) is 5.60 Å². The first kappa shape index (κ1) is 17.5. The molecular weight excluding hydrogens is 348 g/mol. The lowest BCUT2D eigenvalue weighted by molar-refractivity contribution is -0.0500. The van der Waals surface area contributed by atoms with Crippen molar-refractivity contribution >= 4 is 6.08 Å². The summed E-state index contributed by atoms with van der Waals surface area (Å²) in [4.78, 5) is 0. The van der Waals surface area contributed by atoms with Crippen molar-refractivity contribution in [1.82, 2.24) is 0 Å². The highest BCUT2D eigenvalue weighted by Gasteiger charge is 2.79. The molecule has 1 fully saturated rings. The second-order valence-corrected chi connectivity index (χ2v) is 6.95. The van der Waals surface area contributed by atoms with E-state index < -0.39 is 22.5 Å². The minimum atomic E-state index is -2.06. The van der Waals surface area contributed by atoms with Crippen LogP contribution in [0.2, 0.25) is 0 Å². The van der Waals surface area contributed by atoms with Gasteiger partial charge in [-0.25, -0.2) is 0 Å². The molecule has 0 radical (unpaired) electrons. The van der Waals surface area contributed by atoms with Crippen LogP contribution in [-0.4, -0.2) is 6.10 Å². The van der Waals surface area contributed by atoms with Crippen LogP contribution < -0.4 is 0 Å². The van der Waals surface area contributed by atoms with Crippen molar-refractivity contribution in [3.8, 4) is 24.3 Å². The molecule has 2 aromatic rings. The maximum atomic E-state index is 10.3. The predicted octanol–water partition coefficient (Wildman–Crippen LogP) is 3.60. The Kier molecular flexibility index (Phi) is 3.63. The van der Waals surface area contributed by atoms with Crippen molar-refractivity contribution in [2.75, 3.05) is 0 Å². The molecule has 2 atom stereocenters. The molecule has 5 nitrogen and oxygen atoms in total. The van der Waals surface area contributed by atoms with Crippen molar-refractivity contribution in [2.24, 2.45) is 10.8 Å². The van der Waals surface area contributed by atoms with Crippen LogP contribution in [0.15, 0.2) is 55.1 Å². The molecule has 1 saturated heterocycles. The van der Waals surface area contributed by atoms with Crippen LogP contribution in [0.25, 0.3) is 6.08 Å². The summed E-state index contributed by atoms with van der Waals surface area (Å²) in [6.07, 6.45) is 0.993. The molecular formula is C23H14N4O. The lowest BCUT2D eigenvalue weighted by Gasteiger charge is -2.41. The molecule has 2 heterocycles. The van der Waals surface area contributed by atoms with Crippen LogP contribution in [0.3, 0.4) is 0 Å². The first-order valence-corrected chi connectivity index (χ1v) is 8.74. The first-order valence-electron chi connectivity index (χ1n) is 8.74. The Morgan fingerprint density at radius 1 is 0.893 bits per heavy atom. The van der Waals surface area contributed by atoms with Crippen molar-refractivity contribution in [3.63, 3.8) is 0 Å². The SMILES string of the molecule is C=Cc1ccccc1C12OC(Cc3ccccc31)C(C#N)(C#N)C2(C#N)C#N. The zero-order valence-electron chi connectivity index (χ0n) is 14.9. The molecule has 2 aromatic carbocycles. The highest BCUT2D eigenvalue weighted by atomic mass is 16.5. The van der Waals surface area contributed by atoms with Gasteiger partial charge in [-0.1, -0.05) is 61.2 Å². The molecule has 0 saturated carbocycles. The quantitative estimate of drug-likeness (QED) is 0.812. The van der Waals surface area contributed by atoms with Gasteiger partial charge in [-0.05, 0) is 22.3 Å². The largest absolute Gasteiger partial charge is 0.356 e. The summed E-state index contributed by atoms with van der Waals surface area (Å²) in [5.41, 5.74) is -2.84. The maximum Gasteiger partial charge on any atom is 0.214 e. The Hall–Kier alpha value is -3.90. The molecule has 4 rings (SSSR count). The second-order valence-electron chi connectivity index (χ2n) is 6.95. The molecule has 132 valence electrons. The summed E-state index contributed by atoms with van der Waals surface area (Å²) in [6.45, 7) is 3.85. The normalized spacial score (nSPS) is 25.2. The third-order valence-corrected chi connectivity index (χ3v) is 5.97. The van der Waals surface area contributed by atoms with E-state index in [2.05, 4.69) is 18.7 Å². The number of benzene rings is 2. The Morgan fingerprint density at radius 3 is 2.11 bits per heavy atom. The van der Waals surface area contributed by atoms with Gasteiger partial charge in [-0.2, -0.15) is 21.0 Å². The minimum absolute atomic E-state index is 0.278. The number of rotatable bonds is 2. The van der Waals surface area contributed by atoms with Gasteiger partial charge >= 0.3 is 0 Å². The van der Waals surface area contributed by atoms with Gasteiger partial charge in [-0.3, -0.25) is 0 Å². The molecule has 0 aliphatic carbocycles. The smallest absolute Gasteiger partial charge is 0.214 e. The van der Waals surface area contributed by atoms with Crippen molar-refractivity contribution in [2.45, 2.75) is 18.1 Å². The van der Waals surface area contributed by atoms with Crippen molar-refractivity contribution in [1.29, 1.82) is 21.0 Å². The molecule has 0 amide bonds. The van der Waals surface area contributed by atoms with E-state index >= 15 is 0 Å². The van der Waals surface area contributed by atoms with E-state index in [9.17, 15) is 21.0 Å². The average molecular weight is 362 g/mol. The molecule has 2 aliphatic rings. The molecule has 2 bridgehead atoms. The monoisotopic (exact) mass is 362 g/mol. The van der Waals surface area contributed by atoms with E-state index in [0.717, 1.165) is 5.56 Å². The van der Waals surface area contributed by atoms with E-state index in [1.54, 1.807) is 30.3 Å². The summed E-state index contributed by atoms with van der Waals surface area (Å²) in [7, 11) is 0. The number of fused-ring (bicyclic) bond motifs is 4. The van der Waals surface area contributed by atoms with Crippen molar-refractivity contribution < 1.29 is 4.74 Å². The Labute approximate surface area is 162 Å². The van der Waals surface area contributed by atoms with Gasteiger partial charge < -0.3 is 4.74 Å². The Bertz CT molecular complexity index is 1140. The zero-order chi connectivity index (χ0) is 20.0. The highest BCUT2D eigenvalue weighted by molar-refractivity contribution is 5.64. The standard InChI is InChI=1S/C23H14N4O/c1-2-16-7-3-5-9-18(16)23-19-10-6-4-8-17(19)11-20(28-23)21(12-24,13-25)22(23,14-26)15-27/h2-10,20H,1,11H2. The molecule has 2 unspecified atom stereocenters. The van der Waals surface area contributed by atoms with Crippen LogP contribution in [0.4, 0.5) is 0 Å². The van der Waals surface area contributed by atoms with Crippen LogP contribution in [0.1, 0.15) is 22.3 Å². The minimum Gasteiger partial charge on any atom is -0.356 e. The fourth-order valence-electron chi connectivity index (χ4n) is 4.71. The summed E-state index contributed by atoms with van der Waals surface area (Å²) in [5, 5.41) is 40.7. The first-order chi connectivity index (χ1) is 13.6. The molecule has 0 aromatic heterocycles. The Morgan fingerprint density at radius 2 is 1.50 bits per heavy atom. The van der Waals surface area contributed by atoms with Crippen LogP contribution in [0.5, 0.6) is 0 Å². The van der Waals surface area contributed by atoms with Gasteiger partial charge in [-0.15, -0.1) is 0 Å². The third kappa shape index (κ3) is 1.66. The van der Waals surface area contributed by atoms with Crippen LogP contribution in [-0.2, 0) is 16.8 Å². The molecule has 0 N–H and O–H groups in total. The van der Waals surface area contributed by atoms with E-state index in [1.165, 1.54) is 0 Å². The number of hydrogen-bond donors (Lipinski definition) is 0. The number of ether oxygens (including phenoxy) is 1. The summed E-state index contributed by atoms with van der Waals surface area (Å²) < 4.78 is 6.40. The van der Waals surface area contributed by atoms with E-state index in [0.29, 0.717) is 16.7 Å². The Balaban J connectivity index is 2.25. The van der Waals surface area contributed by atoms with Gasteiger partial charge in [0.05, 0.1) is 30.4 Å². The fourth-order valence-corrected chi connectivity index (χ4v) is 4.71. The summed E-state index contributed by atoms with van der Waals surface area (Å²) >= 11 is 0. The van der Waals surface area contributed by atoms with Gasteiger partial charge in [0.2, 0.25) is 10.8 Å². The fraction of sp³-hybridized carbons (Fsp3) is 0.217.